The number of ether oxygens (including phenoxy) is 1. The Balaban J connectivity index is 0.00000300. The Hall–Kier alpha value is -2.36. The second-order valence-electron chi connectivity index (χ2n) is 6.65. The molecule has 0 aliphatic rings. The third-order valence-corrected chi connectivity index (χ3v) is 4.81. The average Bonchev–Trinajstić information content (AvgIpc) is 3.08. The highest BCUT2D eigenvalue weighted by atomic mass is 127. The van der Waals surface area contributed by atoms with E-state index in [4.69, 9.17) is 4.74 Å². The highest BCUT2D eigenvalue weighted by Gasteiger charge is 2.10. The number of aryl methyl sites for hydroxylation is 1. The summed E-state index contributed by atoms with van der Waals surface area (Å²) in [7, 11) is 3.40. The van der Waals surface area contributed by atoms with Crippen molar-refractivity contribution in [2.45, 2.75) is 26.8 Å². The summed E-state index contributed by atoms with van der Waals surface area (Å²) in [6, 6.07) is 4.78. The van der Waals surface area contributed by atoms with E-state index in [1.54, 1.807) is 26.3 Å². The lowest BCUT2D eigenvalue weighted by Gasteiger charge is -2.15. The standard InChI is InChI=1S/C21H26FN5O.HI/c1-13-10-25-19(14(2)20(13)28-4)12-27-21(23-3)24-8-7-15-11-26-18-6-5-16(22)9-17(15)18;/h5-6,9-11,26H,7-8,12H2,1-4H3,(H2,23,24,27);1H. The monoisotopic (exact) mass is 511 g/mol. The smallest absolute Gasteiger partial charge is 0.191 e. The lowest BCUT2D eigenvalue weighted by atomic mass is 10.1. The second kappa shape index (κ2) is 10.4. The summed E-state index contributed by atoms with van der Waals surface area (Å²) in [5, 5.41) is 7.48. The van der Waals surface area contributed by atoms with Crippen LogP contribution in [0.3, 0.4) is 0 Å². The van der Waals surface area contributed by atoms with Crippen LogP contribution in [0.15, 0.2) is 35.6 Å². The van der Waals surface area contributed by atoms with E-state index in [-0.39, 0.29) is 29.8 Å². The van der Waals surface area contributed by atoms with E-state index in [1.807, 2.05) is 26.2 Å². The largest absolute Gasteiger partial charge is 0.496 e. The van der Waals surface area contributed by atoms with Gasteiger partial charge in [0.1, 0.15) is 11.6 Å². The quantitative estimate of drug-likeness (QED) is 0.267. The van der Waals surface area contributed by atoms with E-state index in [1.165, 1.54) is 6.07 Å². The molecule has 29 heavy (non-hydrogen) atoms. The zero-order valence-electron chi connectivity index (χ0n) is 17.1. The van der Waals surface area contributed by atoms with Gasteiger partial charge in [0.15, 0.2) is 5.96 Å². The highest BCUT2D eigenvalue weighted by Crippen LogP contribution is 2.23. The summed E-state index contributed by atoms with van der Waals surface area (Å²) in [6.45, 7) is 5.20. The van der Waals surface area contributed by atoms with Crippen LogP contribution in [0.1, 0.15) is 22.4 Å². The van der Waals surface area contributed by atoms with Gasteiger partial charge in [-0.25, -0.2) is 4.39 Å². The lowest BCUT2D eigenvalue weighted by molar-refractivity contribution is 0.406. The van der Waals surface area contributed by atoms with Crippen LogP contribution >= 0.6 is 24.0 Å². The molecule has 6 nitrogen and oxygen atoms in total. The van der Waals surface area contributed by atoms with E-state index >= 15 is 0 Å². The maximum absolute atomic E-state index is 13.5. The van der Waals surface area contributed by atoms with Gasteiger partial charge >= 0.3 is 0 Å². The van der Waals surface area contributed by atoms with Crippen molar-refractivity contribution in [3.8, 4) is 5.75 Å². The molecule has 0 radical (unpaired) electrons. The molecule has 0 aliphatic heterocycles. The van der Waals surface area contributed by atoms with Crippen LogP contribution < -0.4 is 15.4 Å². The number of guanidine groups is 1. The molecular formula is C21H27FIN5O. The van der Waals surface area contributed by atoms with Crippen molar-refractivity contribution in [2.24, 2.45) is 4.99 Å². The maximum atomic E-state index is 13.5. The number of nitrogens with zero attached hydrogens (tertiary/aromatic N) is 2. The normalized spacial score (nSPS) is 11.3. The summed E-state index contributed by atoms with van der Waals surface area (Å²) in [5.74, 6) is 1.32. The van der Waals surface area contributed by atoms with E-state index in [2.05, 4.69) is 25.6 Å². The van der Waals surface area contributed by atoms with Crippen molar-refractivity contribution in [2.75, 3.05) is 20.7 Å². The number of aromatic nitrogens is 2. The topological polar surface area (TPSA) is 74.3 Å². The fourth-order valence-electron chi connectivity index (χ4n) is 3.31. The van der Waals surface area contributed by atoms with Gasteiger partial charge in [0.05, 0.1) is 19.3 Å². The zero-order chi connectivity index (χ0) is 20.1. The summed E-state index contributed by atoms with van der Waals surface area (Å²) in [4.78, 5) is 11.9. The fraction of sp³-hybridized carbons (Fsp3) is 0.333. The van der Waals surface area contributed by atoms with Crippen LogP contribution in [-0.2, 0) is 13.0 Å². The summed E-state index contributed by atoms with van der Waals surface area (Å²) in [6.07, 6.45) is 4.49. The number of hydrogen-bond donors (Lipinski definition) is 3. The van der Waals surface area contributed by atoms with Gasteiger partial charge in [-0.05, 0) is 44.0 Å². The number of aliphatic imine (C=N–C) groups is 1. The molecular weight excluding hydrogens is 484 g/mol. The van der Waals surface area contributed by atoms with Gasteiger partial charge in [0.2, 0.25) is 0 Å². The molecule has 0 saturated heterocycles. The SMILES string of the molecule is CN=C(NCCc1c[nH]c2ccc(F)cc12)NCc1ncc(C)c(OC)c1C.I. The molecule has 2 aromatic heterocycles. The first-order valence-electron chi connectivity index (χ1n) is 9.22. The van der Waals surface area contributed by atoms with Gasteiger partial charge in [-0.3, -0.25) is 9.98 Å². The molecule has 3 rings (SSSR count). The first kappa shape index (κ1) is 22.9. The Bertz CT molecular complexity index is 1000. The van der Waals surface area contributed by atoms with Crippen molar-refractivity contribution >= 4 is 40.8 Å². The van der Waals surface area contributed by atoms with Gasteiger partial charge in [-0.2, -0.15) is 0 Å². The van der Waals surface area contributed by atoms with Crippen molar-refractivity contribution in [1.29, 1.82) is 0 Å². The van der Waals surface area contributed by atoms with Crippen LogP contribution in [0, 0.1) is 19.7 Å². The summed E-state index contributed by atoms with van der Waals surface area (Å²) in [5.41, 5.74) is 4.96. The van der Waals surface area contributed by atoms with Gasteiger partial charge in [0, 0.05) is 48.0 Å². The number of aromatic amines is 1. The number of H-pyrrole nitrogens is 1. The fourth-order valence-corrected chi connectivity index (χ4v) is 3.31. The summed E-state index contributed by atoms with van der Waals surface area (Å²) < 4.78 is 19.0. The molecule has 0 atom stereocenters. The van der Waals surface area contributed by atoms with Gasteiger partial charge in [0.25, 0.3) is 0 Å². The molecule has 156 valence electrons. The minimum atomic E-state index is -0.227. The van der Waals surface area contributed by atoms with E-state index in [0.717, 1.165) is 45.5 Å². The van der Waals surface area contributed by atoms with Gasteiger partial charge < -0.3 is 20.4 Å². The first-order chi connectivity index (χ1) is 13.5. The Morgan fingerprint density at radius 1 is 1.28 bits per heavy atom. The number of fused-ring (bicyclic) bond motifs is 1. The predicted octanol–water partition coefficient (Wildman–Crippen LogP) is 3.85. The number of hydrogen-bond acceptors (Lipinski definition) is 3. The molecule has 0 fully saturated rings. The Kier molecular flexibility index (Phi) is 8.24. The molecule has 0 amide bonds. The van der Waals surface area contributed by atoms with Crippen LogP contribution in [0.25, 0.3) is 10.9 Å². The molecule has 3 aromatic rings. The number of benzene rings is 1. The molecule has 0 bridgehead atoms. The minimum absolute atomic E-state index is 0. The predicted molar refractivity (Wildman–Crippen MR) is 126 cm³/mol. The minimum Gasteiger partial charge on any atom is -0.496 e. The lowest BCUT2D eigenvalue weighted by Crippen LogP contribution is -2.38. The Morgan fingerprint density at radius 2 is 2.07 bits per heavy atom. The summed E-state index contributed by atoms with van der Waals surface area (Å²) >= 11 is 0. The van der Waals surface area contributed by atoms with Crippen molar-refractivity contribution < 1.29 is 9.13 Å². The van der Waals surface area contributed by atoms with Crippen molar-refractivity contribution in [3.05, 3.63) is 58.8 Å². The number of halogens is 2. The highest BCUT2D eigenvalue weighted by molar-refractivity contribution is 14.0. The van der Waals surface area contributed by atoms with E-state index < -0.39 is 0 Å². The molecule has 3 N–H and O–H groups in total. The molecule has 0 aliphatic carbocycles. The third-order valence-electron chi connectivity index (χ3n) is 4.81. The molecule has 0 saturated carbocycles. The second-order valence-corrected chi connectivity index (χ2v) is 6.65. The number of methoxy groups -OCH3 is 1. The number of nitrogens with one attached hydrogen (secondary N) is 3. The average molecular weight is 511 g/mol. The van der Waals surface area contributed by atoms with Gasteiger partial charge in [-0.1, -0.05) is 0 Å². The van der Waals surface area contributed by atoms with Crippen LogP contribution in [0.5, 0.6) is 5.75 Å². The molecule has 2 heterocycles. The molecule has 0 spiro atoms. The van der Waals surface area contributed by atoms with Crippen molar-refractivity contribution in [3.63, 3.8) is 0 Å². The van der Waals surface area contributed by atoms with Crippen LogP contribution in [0.4, 0.5) is 4.39 Å². The van der Waals surface area contributed by atoms with Crippen LogP contribution in [0.2, 0.25) is 0 Å². The number of rotatable bonds is 6. The first-order valence-corrected chi connectivity index (χ1v) is 9.22. The van der Waals surface area contributed by atoms with Crippen molar-refractivity contribution in [1.82, 2.24) is 20.6 Å². The van der Waals surface area contributed by atoms with E-state index in [9.17, 15) is 4.39 Å². The maximum Gasteiger partial charge on any atom is 0.191 e. The molecule has 1 aromatic carbocycles. The van der Waals surface area contributed by atoms with E-state index in [0.29, 0.717) is 19.0 Å². The van der Waals surface area contributed by atoms with Crippen LogP contribution in [-0.4, -0.2) is 36.6 Å². The number of pyridine rings is 1. The third kappa shape index (κ3) is 5.37. The Labute approximate surface area is 187 Å². The Morgan fingerprint density at radius 3 is 2.79 bits per heavy atom. The van der Waals surface area contributed by atoms with Gasteiger partial charge in [-0.15, -0.1) is 24.0 Å². The molecule has 0 unspecified atom stereocenters. The molecule has 8 heteroatoms. The zero-order valence-corrected chi connectivity index (χ0v) is 19.4.